The summed E-state index contributed by atoms with van der Waals surface area (Å²) in [5.41, 5.74) is 9.29. The highest BCUT2D eigenvalue weighted by molar-refractivity contribution is 5.96. The molecule has 0 radical (unpaired) electrons. The molecule has 0 fully saturated rings. The number of amides is 1. The SMILES string of the molecule is Cc1cc(C)nc(-n2nc(C)c(CC(=O)N(C)c3c(N)n(Cc4ccccc4)c(=O)[nH]c3=O)c2C)n1. The highest BCUT2D eigenvalue weighted by Gasteiger charge is 2.24. The normalized spacial score (nSPS) is 11.0. The number of aryl methyl sites for hydroxylation is 3. The van der Waals surface area contributed by atoms with Crippen molar-refractivity contribution in [2.45, 2.75) is 40.7 Å². The van der Waals surface area contributed by atoms with Gasteiger partial charge in [0, 0.05) is 29.7 Å². The molecule has 0 spiro atoms. The lowest BCUT2D eigenvalue weighted by molar-refractivity contribution is -0.117. The number of hydrogen-bond acceptors (Lipinski definition) is 7. The van der Waals surface area contributed by atoms with E-state index >= 15 is 0 Å². The summed E-state index contributed by atoms with van der Waals surface area (Å²) < 4.78 is 2.85. The van der Waals surface area contributed by atoms with Gasteiger partial charge in [-0.15, -0.1) is 0 Å². The molecule has 186 valence electrons. The number of carbonyl (C=O) groups is 1. The van der Waals surface area contributed by atoms with Crippen LogP contribution in [-0.2, 0) is 17.8 Å². The Balaban J connectivity index is 1.66. The number of H-pyrrole nitrogens is 1. The number of aromatic nitrogens is 6. The first kappa shape index (κ1) is 24.6. The van der Waals surface area contributed by atoms with E-state index in [1.807, 2.05) is 57.2 Å². The third kappa shape index (κ3) is 4.67. The maximum atomic E-state index is 13.3. The van der Waals surface area contributed by atoms with E-state index in [-0.39, 0.29) is 30.4 Å². The standard InChI is InChI=1S/C25H28N8O3/c1-14-11-15(2)28-24(27-14)33-17(4)19(16(3)30-33)12-20(34)31(5)21-22(26)32(25(36)29-23(21)35)13-18-9-7-6-8-10-18/h6-11H,12-13,26H2,1-5H3,(H,29,35,36). The molecule has 36 heavy (non-hydrogen) atoms. The average Bonchev–Trinajstić information content (AvgIpc) is 3.10. The van der Waals surface area contributed by atoms with Crippen LogP contribution in [0.5, 0.6) is 0 Å². The molecule has 0 aliphatic carbocycles. The molecule has 0 atom stereocenters. The Morgan fingerprint density at radius 3 is 2.33 bits per heavy atom. The Bertz CT molecular complexity index is 1550. The van der Waals surface area contributed by atoms with E-state index in [0.717, 1.165) is 22.6 Å². The highest BCUT2D eigenvalue weighted by atomic mass is 16.2. The summed E-state index contributed by atoms with van der Waals surface area (Å²) in [4.78, 5) is 50.8. The molecule has 0 aliphatic heterocycles. The number of nitrogens with two attached hydrogens (primary N) is 1. The number of anilines is 2. The molecule has 1 amide bonds. The van der Waals surface area contributed by atoms with Gasteiger partial charge in [0.25, 0.3) is 11.5 Å². The molecular formula is C25H28N8O3. The summed E-state index contributed by atoms with van der Waals surface area (Å²) in [6.07, 6.45) is -0.0321. The van der Waals surface area contributed by atoms with Gasteiger partial charge in [0.05, 0.1) is 18.7 Å². The number of hydrogen-bond donors (Lipinski definition) is 2. The summed E-state index contributed by atoms with van der Waals surface area (Å²) in [6.45, 7) is 7.55. The van der Waals surface area contributed by atoms with Crippen LogP contribution in [0.1, 0.15) is 33.9 Å². The van der Waals surface area contributed by atoms with E-state index in [2.05, 4.69) is 20.1 Å². The number of nitrogen functional groups attached to an aromatic ring is 1. The summed E-state index contributed by atoms with van der Waals surface area (Å²) in [5.74, 6) is -0.0470. The topological polar surface area (TPSA) is 145 Å². The fourth-order valence-corrected chi connectivity index (χ4v) is 4.15. The Hall–Kier alpha value is -4.54. The van der Waals surface area contributed by atoms with Gasteiger partial charge in [0.1, 0.15) is 5.82 Å². The zero-order valence-electron chi connectivity index (χ0n) is 20.9. The third-order valence-electron chi connectivity index (χ3n) is 6.04. The van der Waals surface area contributed by atoms with Gasteiger partial charge >= 0.3 is 5.69 Å². The van der Waals surface area contributed by atoms with Gasteiger partial charge in [-0.05, 0) is 39.3 Å². The first-order valence-corrected chi connectivity index (χ1v) is 11.4. The second kappa shape index (κ2) is 9.61. The van der Waals surface area contributed by atoms with Crippen molar-refractivity contribution in [1.29, 1.82) is 0 Å². The van der Waals surface area contributed by atoms with Crippen LogP contribution >= 0.6 is 0 Å². The number of benzene rings is 1. The summed E-state index contributed by atoms with van der Waals surface area (Å²) >= 11 is 0. The van der Waals surface area contributed by atoms with E-state index in [1.54, 1.807) is 11.6 Å². The minimum atomic E-state index is -0.731. The molecule has 4 rings (SSSR count). The second-order valence-corrected chi connectivity index (χ2v) is 8.71. The molecule has 0 unspecified atom stereocenters. The van der Waals surface area contributed by atoms with Crippen molar-refractivity contribution in [3.05, 3.63) is 91.1 Å². The Morgan fingerprint density at radius 2 is 1.69 bits per heavy atom. The molecule has 0 bridgehead atoms. The zero-order chi connectivity index (χ0) is 26.1. The Kier molecular flexibility index (Phi) is 6.56. The van der Waals surface area contributed by atoms with Crippen LogP contribution in [0.3, 0.4) is 0 Å². The summed E-state index contributed by atoms with van der Waals surface area (Å²) in [5, 5.41) is 4.54. The largest absolute Gasteiger partial charge is 0.383 e. The van der Waals surface area contributed by atoms with Crippen molar-refractivity contribution in [2.75, 3.05) is 17.7 Å². The van der Waals surface area contributed by atoms with E-state index in [9.17, 15) is 14.4 Å². The fraction of sp³-hybridized carbons (Fsp3) is 0.280. The van der Waals surface area contributed by atoms with Crippen LogP contribution < -0.4 is 21.9 Å². The lowest BCUT2D eigenvalue weighted by Gasteiger charge is -2.20. The van der Waals surface area contributed by atoms with E-state index in [0.29, 0.717) is 17.2 Å². The number of nitrogens with one attached hydrogen (secondary N) is 1. The smallest absolute Gasteiger partial charge is 0.330 e. The molecule has 3 heterocycles. The van der Waals surface area contributed by atoms with Crippen molar-refractivity contribution >= 4 is 17.4 Å². The summed E-state index contributed by atoms with van der Waals surface area (Å²) in [7, 11) is 1.46. The van der Waals surface area contributed by atoms with Gasteiger partial charge < -0.3 is 10.6 Å². The predicted molar refractivity (Wildman–Crippen MR) is 136 cm³/mol. The molecule has 3 N–H and O–H groups in total. The molecule has 1 aromatic carbocycles. The van der Waals surface area contributed by atoms with Crippen LogP contribution in [0.15, 0.2) is 46.0 Å². The van der Waals surface area contributed by atoms with E-state index in [1.165, 1.54) is 16.5 Å². The van der Waals surface area contributed by atoms with Crippen molar-refractivity contribution in [3.63, 3.8) is 0 Å². The molecule has 4 aromatic rings. The van der Waals surface area contributed by atoms with Crippen molar-refractivity contribution < 1.29 is 4.79 Å². The number of nitrogens with zero attached hydrogens (tertiary/aromatic N) is 6. The fourth-order valence-electron chi connectivity index (χ4n) is 4.15. The highest BCUT2D eigenvalue weighted by Crippen LogP contribution is 2.21. The van der Waals surface area contributed by atoms with Crippen molar-refractivity contribution in [1.82, 2.24) is 29.3 Å². The third-order valence-corrected chi connectivity index (χ3v) is 6.04. The van der Waals surface area contributed by atoms with Crippen LogP contribution in [0, 0.1) is 27.7 Å². The average molecular weight is 489 g/mol. The number of likely N-dealkylation sites (N-methyl/N-ethyl adjacent to an activating group) is 1. The quantitative estimate of drug-likeness (QED) is 0.419. The van der Waals surface area contributed by atoms with Gasteiger partial charge in [-0.3, -0.25) is 19.1 Å². The lowest BCUT2D eigenvalue weighted by Crippen LogP contribution is -2.40. The Morgan fingerprint density at radius 1 is 1.06 bits per heavy atom. The number of aromatic amines is 1. The lowest BCUT2D eigenvalue weighted by atomic mass is 10.1. The minimum Gasteiger partial charge on any atom is -0.383 e. The first-order valence-electron chi connectivity index (χ1n) is 11.4. The van der Waals surface area contributed by atoms with Gasteiger partial charge in [-0.1, -0.05) is 30.3 Å². The zero-order valence-corrected chi connectivity index (χ0v) is 20.9. The molecule has 3 aromatic heterocycles. The summed E-state index contributed by atoms with van der Waals surface area (Å²) in [6, 6.07) is 11.1. The molecule has 0 saturated heterocycles. The predicted octanol–water partition coefficient (Wildman–Crippen LogP) is 1.58. The first-order chi connectivity index (χ1) is 17.1. The monoisotopic (exact) mass is 488 g/mol. The maximum Gasteiger partial charge on any atom is 0.330 e. The van der Waals surface area contributed by atoms with E-state index < -0.39 is 11.2 Å². The van der Waals surface area contributed by atoms with E-state index in [4.69, 9.17) is 5.73 Å². The van der Waals surface area contributed by atoms with Gasteiger partial charge in [-0.2, -0.15) is 5.10 Å². The van der Waals surface area contributed by atoms with Crippen LogP contribution in [0.25, 0.3) is 5.95 Å². The van der Waals surface area contributed by atoms with Crippen LogP contribution in [0.4, 0.5) is 11.5 Å². The second-order valence-electron chi connectivity index (χ2n) is 8.71. The van der Waals surface area contributed by atoms with Gasteiger partial charge in [0.2, 0.25) is 5.91 Å². The van der Waals surface area contributed by atoms with Crippen molar-refractivity contribution in [3.8, 4) is 5.95 Å². The van der Waals surface area contributed by atoms with Gasteiger partial charge in [0.15, 0.2) is 5.69 Å². The number of rotatable bonds is 6. The Labute approximate surface area is 207 Å². The molecular weight excluding hydrogens is 460 g/mol. The molecule has 11 nitrogen and oxygen atoms in total. The number of carbonyl (C=O) groups excluding carboxylic acids is 1. The molecule has 11 heteroatoms. The minimum absolute atomic E-state index is 0.0321. The molecule has 0 aliphatic rings. The maximum absolute atomic E-state index is 13.3. The van der Waals surface area contributed by atoms with Crippen LogP contribution in [-0.4, -0.2) is 42.3 Å². The molecule has 0 saturated carbocycles. The van der Waals surface area contributed by atoms with Gasteiger partial charge in [-0.25, -0.2) is 19.4 Å². The van der Waals surface area contributed by atoms with Crippen LogP contribution in [0.2, 0.25) is 0 Å². The van der Waals surface area contributed by atoms with Crippen molar-refractivity contribution in [2.24, 2.45) is 0 Å².